The van der Waals surface area contributed by atoms with Crippen molar-refractivity contribution in [1.29, 1.82) is 5.26 Å². The fourth-order valence-electron chi connectivity index (χ4n) is 1.27. The van der Waals surface area contributed by atoms with E-state index in [9.17, 15) is 0 Å². The van der Waals surface area contributed by atoms with Gasteiger partial charge in [0.15, 0.2) is 0 Å². The first kappa shape index (κ1) is 8.61. The van der Waals surface area contributed by atoms with E-state index in [0.29, 0.717) is 0 Å². The van der Waals surface area contributed by atoms with Gasteiger partial charge < -0.3 is 0 Å². The fraction of sp³-hybridized carbons (Fsp3) is 0.100. The number of nitriles is 1. The SMILES string of the molecule is CSc1sc2ccccc2c1C#N. The third kappa shape index (κ3) is 1.32. The molecule has 1 aromatic carbocycles. The van der Waals surface area contributed by atoms with Crippen LogP contribution in [0.1, 0.15) is 5.56 Å². The summed E-state index contributed by atoms with van der Waals surface area (Å²) >= 11 is 3.33. The molecule has 0 spiro atoms. The van der Waals surface area contributed by atoms with Gasteiger partial charge in [0.1, 0.15) is 6.07 Å². The molecule has 0 amide bonds. The molecule has 0 unspecified atom stereocenters. The van der Waals surface area contributed by atoms with E-state index in [1.54, 1.807) is 23.1 Å². The molecular formula is C10H7NS2. The van der Waals surface area contributed by atoms with Gasteiger partial charge in [-0.1, -0.05) is 18.2 Å². The molecule has 0 fully saturated rings. The Hall–Kier alpha value is -0.980. The zero-order chi connectivity index (χ0) is 9.26. The molecule has 0 radical (unpaired) electrons. The molecule has 0 aliphatic heterocycles. The first-order valence-corrected chi connectivity index (χ1v) is 5.86. The zero-order valence-corrected chi connectivity index (χ0v) is 8.71. The van der Waals surface area contributed by atoms with Gasteiger partial charge in [-0.05, 0) is 12.3 Å². The van der Waals surface area contributed by atoms with E-state index < -0.39 is 0 Å². The molecule has 0 bridgehead atoms. The first-order chi connectivity index (χ1) is 6.36. The van der Waals surface area contributed by atoms with Gasteiger partial charge in [0.2, 0.25) is 0 Å². The summed E-state index contributed by atoms with van der Waals surface area (Å²) in [5.74, 6) is 0. The molecular weight excluding hydrogens is 198 g/mol. The summed E-state index contributed by atoms with van der Waals surface area (Å²) in [6.07, 6.45) is 2.01. The number of fused-ring (bicyclic) bond motifs is 1. The number of thiophene rings is 1. The topological polar surface area (TPSA) is 23.8 Å². The second kappa shape index (κ2) is 3.41. The summed E-state index contributed by atoms with van der Waals surface area (Å²) < 4.78 is 2.31. The van der Waals surface area contributed by atoms with Gasteiger partial charge in [-0.3, -0.25) is 0 Å². The van der Waals surface area contributed by atoms with Crippen LogP contribution >= 0.6 is 23.1 Å². The minimum absolute atomic E-state index is 0.827. The highest BCUT2D eigenvalue weighted by atomic mass is 32.2. The molecule has 13 heavy (non-hydrogen) atoms. The Morgan fingerprint density at radius 3 is 2.85 bits per heavy atom. The van der Waals surface area contributed by atoms with Crippen LogP contribution in [0.4, 0.5) is 0 Å². The fourth-order valence-corrected chi connectivity index (χ4v) is 3.12. The maximum absolute atomic E-state index is 8.98. The van der Waals surface area contributed by atoms with E-state index in [1.807, 2.05) is 24.5 Å². The molecule has 2 rings (SSSR count). The van der Waals surface area contributed by atoms with Crippen molar-refractivity contribution in [2.75, 3.05) is 6.26 Å². The van der Waals surface area contributed by atoms with Crippen molar-refractivity contribution in [3.05, 3.63) is 29.8 Å². The van der Waals surface area contributed by atoms with Crippen molar-refractivity contribution in [2.24, 2.45) is 0 Å². The summed E-state index contributed by atoms with van der Waals surface area (Å²) in [5.41, 5.74) is 0.827. The highest BCUT2D eigenvalue weighted by Gasteiger charge is 2.09. The van der Waals surface area contributed by atoms with Gasteiger partial charge in [-0.15, -0.1) is 23.1 Å². The smallest absolute Gasteiger partial charge is 0.102 e. The molecule has 0 aliphatic rings. The molecule has 3 heteroatoms. The second-order valence-electron chi connectivity index (χ2n) is 2.58. The Labute approximate surface area is 85.0 Å². The van der Waals surface area contributed by atoms with Crippen LogP contribution in [-0.4, -0.2) is 6.26 Å². The number of hydrogen-bond acceptors (Lipinski definition) is 3. The van der Waals surface area contributed by atoms with E-state index in [0.717, 1.165) is 15.2 Å². The molecule has 0 saturated carbocycles. The Morgan fingerprint density at radius 1 is 1.38 bits per heavy atom. The van der Waals surface area contributed by atoms with Crippen molar-refractivity contribution < 1.29 is 0 Å². The van der Waals surface area contributed by atoms with Crippen molar-refractivity contribution in [3.8, 4) is 6.07 Å². The lowest BCUT2D eigenvalue weighted by Crippen LogP contribution is -1.71. The molecule has 1 heterocycles. The summed E-state index contributed by atoms with van der Waals surface area (Å²) in [7, 11) is 0. The van der Waals surface area contributed by atoms with Gasteiger partial charge in [-0.25, -0.2) is 0 Å². The van der Waals surface area contributed by atoms with E-state index in [-0.39, 0.29) is 0 Å². The number of hydrogen-bond donors (Lipinski definition) is 0. The highest BCUT2D eigenvalue weighted by molar-refractivity contribution is 8.00. The number of benzene rings is 1. The average molecular weight is 205 g/mol. The third-order valence-electron chi connectivity index (χ3n) is 1.86. The number of rotatable bonds is 1. The van der Waals surface area contributed by atoms with Crippen LogP contribution in [0.15, 0.2) is 28.5 Å². The number of nitrogens with zero attached hydrogens (tertiary/aromatic N) is 1. The van der Waals surface area contributed by atoms with E-state index >= 15 is 0 Å². The maximum atomic E-state index is 8.98. The van der Waals surface area contributed by atoms with Crippen LogP contribution < -0.4 is 0 Å². The summed E-state index contributed by atoms with van der Waals surface area (Å²) in [5, 5.41) is 10.1. The average Bonchev–Trinajstić information content (AvgIpc) is 2.55. The van der Waals surface area contributed by atoms with E-state index in [1.165, 1.54) is 4.70 Å². The first-order valence-electron chi connectivity index (χ1n) is 3.82. The molecule has 0 N–H and O–H groups in total. The standard InChI is InChI=1S/C10H7NS2/c1-12-10-8(6-11)7-4-2-3-5-9(7)13-10/h2-5H,1H3. The molecule has 0 atom stereocenters. The largest absolute Gasteiger partial charge is 0.192 e. The predicted octanol–water partition coefficient (Wildman–Crippen LogP) is 3.49. The maximum Gasteiger partial charge on any atom is 0.102 e. The Kier molecular flexibility index (Phi) is 2.26. The van der Waals surface area contributed by atoms with E-state index in [4.69, 9.17) is 5.26 Å². The lowest BCUT2D eigenvalue weighted by molar-refractivity contribution is 1.48. The van der Waals surface area contributed by atoms with Gasteiger partial charge in [-0.2, -0.15) is 5.26 Å². The van der Waals surface area contributed by atoms with Gasteiger partial charge in [0.05, 0.1) is 9.77 Å². The van der Waals surface area contributed by atoms with Crippen molar-refractivity contribution in [2.45, 2.75) is 4.21 Å². The molecule has 1 nitrogen and oxygen atoms in total. The normalized spacial score (nSPS) is 10.2. The van der Waals surface area contributed by atoms with Crippen molar-refractivity contribution >= 4 is 33.2 Å². The lowest BCUT2D eigenvalue weighted by atomic mass is 10.2. The van der Waals surface area contributed by atoms with Gasteiger partial charge >= 0.3 is 0 Å². The molecule has 64 valence electrons. The highest BCUT2D eigenvalue weighted by Crippen LogP contribution is 2.36. The Balaban J connectivity index is 2.83. The molecule has 2 aromatic rings. The summed E-state index contributed by atoms with van der Waals surface area (Å²) in [4.78, 5) is 0. The summed E-state index contributed by atoms with van der Waals surface area (Å²) in [6.45, 7) is 0. The van der Waals surface area contributed by atoms with Crippen LogP contribution in [0.2, 0.25) is 0 Å². The Morgan fingerprint density at radius 2 is 2.15 bits per heavy atom. The van der Waals surface area contributed by atoms with Gasteiger partial charge in [0, 0.05) is 10.1 Å². The Bertz CT molecular complexity index is 479. The van der Waals surface area contributed by atoms with Crippen LogP contribution in [0, 0.1) is 11.3 Å². The van der Waals surface area contributed by atoms with Crippen LogP contribution in [0.3, 0.4) is 0 Å². The van der Waals surface area contributed by atoms with Crippen molar-refractivity contribution in [3.63, 3.8) is 0 Å². The van der Waals surface area contributed by atoms with Crippen LogP contribution in [0.5, 0.6) is 0 Å². The minimum atomic E-state index is 0.827. The van der Waals surface area contributed by atoms with E-state index in [2.05, 4.69) is 12.1 Å². The molecule has 0 aliphatic carbocycles. The lowest BCUT2D eigenvalue weighted by Gasteiger charge is -1.88. The molecule has 1 aromatic heterocycles. The minimum Gasteiger partial charge on any atom is -0.192 e. The van der Waals surface area contributed by atoms with Crippen LogP contribution in [-0.2, 0) is 0 Å². The number of thioether (sulfide) groups is 1. The molecule has 0 saturated heterocycles. The van der Waals surface area contributed by atoms with Crippen molar-refractivity contribution in [1.82, 2.24) is 0 Å². The summed E-state index contributed by atoms with van der Waals surface area (Å²) in [6, 6.07) is 10.3. The quantitative estimate of drug-likeness (QED) is 0.665. The van der Waals surface area contributed by atoms with Crippen LogP contribution in [0.25, 0.3) is 10.1 Å². The predicted molar refractivity (Wildman–Crippen MR) is 58.3 cm³/mol. The zero-order valence-electron chi connectivity index (χ0n) is 7.07. The van der Waals surface area contributed by atoms with Gasteiger partial charge in [0.25, 0.3) is 0 Å². The second-order valence-corrected chi connectivity index (χ2v) is 4.70. The third-order valence-corrected chi connectivity index (χ3v) is 4.15. The monoisotopic (exact) mass is 205 g/mol.